The van der Waals surface area contributed by atoms with Gasteiger partial charge < -0.3 is 10.4 Å². The predicted molar refractivity (Wildman–Crippen MR) is 60.9 cm³/mol. The van der Waals surface area contributed by atoms with Crippen molar-refractivity contribution in [3.8, 4) is 6.07 Å². The van der Waals surface area contributed by atoms with Crippen molar-refractivity contribution in [1.29, 1.82) is 5.26 Å². The van der Waals surface area contributed by atoms with Crippen molar-refractivity contribution in [3.63, 3.8) is 0 Å². The second-order valence-corrected chi connectivity index (χ2v) is 4.31. The van der Waals surface area contributed by atoms with Gasteiger partial charge in [-0.15, -0.1) is 0 Å². The highest BCUT2D eigenvalue weighted by molar-refractivity contribution is 5.48. The van der Waals surface area contributed by atoms with Gasteiger partial charge in [0.2, 0.25) is 0 Å². The Morgan fingerprint density at radius 3 is 2.88 bits per heavy atom. The van der Waals surface area contributed by atoms with Crippen LogP contribution in [0, 0.1) is 11.3 Å². The van der Waals surface area contributed by atoms with Gasteiger partial charge >= 0.3 is 0 Å². The number of aliphatic hydroxyl groups is 1. The van der Waals surface area contributed by atoms with E-state index in [-0.39, 0.29) is 12.1 Å². The zero-order chi connectivity index (χ0) is 11.4. The van der Waals surface area contributed by atoms with Gasteiger partial charge in [-0.25, -0.2) is 4.98 Å². The fourth-order valence-electron chi connectivity index (χ4n) is 2.25. The average Bonchev–Trinajstić information content (AvgIpc) is 2.78. The standard InChI is InChI=1S/C12H15N3O/c13-8-11-7-10(3-6-14-11)15-12(9-16)4-1-2-5-12/h3,6-7,16H,1-2,4-5,9H2,(H,14,15). The van der Waals surface area contributed by atoms with Gasteiger partial charge in [-0.1, -0.05) is 12.8 Å². The lowest BCUT2D eigenvalue weighted by Gasteiger charge is -2.29. The highest BCUT2D eigenvalue weighted by Gasteiger charge is 2.32. The summed E-state index contributed by atoms with van der Waals surface area (Å²) in [5.41, 5.74) is 1.06. The van der Waals surface area contributed by atoms with Crippen molar-refractivity contribution in [1.82, 2.24) is 4.98 Å². The molecule has 1 fully saturated rings. The number of hydrogen-bond donors (Lipinski definition) is 2. The van der Waals surface area contributed by atoms with Gasteiger partial charge in [0, 0.05) is 11.9 Å². The number of pyridine rings is 1. The SMILES string of the molecule is N#Cc1cc(NC2(CO)CCCC2)ccn1. The third-order valence-corrected chi connectivity index (χ3v) is 3.15. The molecule has 4 nitrogen and oxygen atoms in total. The van der Waals surface area contributed by atoms with Crippen LogP contribution in [-0.2, 0) is 0 Å². The zero-order valence-electron chi connectivity index (χ0n) is 9.11. The van der Waals surface area contributed by atoms with Crippen LogP contribution < -0.4 is 5.32 Å². The van der Waals surface area contributed by atoms with Crippen LogP contribution in [-0.4, -0.2) is 22.2 Å². The third-order valence-electron chi connectivity index (χ3n) is 3.15. The summed E-state index contributed by atoms with van der Waals surface area (Å²) in [4.78, 5) is 3.92. The fraction of sp³-hybridized carbons (Fsp3) is 0.500. The average molecular weight is 217 g/mol. The number of aliphatic hydroxyl groups excluding tert-OH is 1. The first-order chi connectivity index (χ1) is 7.78. The number of nitrogens with one attached hydrogen (secondary N) is 1. The van der Waals surface area contributed by atoms with Crippen LogP contribution in [0.4, 0.5) is 5.69 Å². The molecule has 2 rings (SSSR count). The lowest BCUT2D eigenvalue weighted by molar-refractivity contribution is 0.214. The van der Waals surface area contributed by atoms with Gasteiger partial charge in [-0.3, -0.25) is 0 Å². The Bertz CT molecular complexity index is 405. The topological polar surface area (TPSA) is 68.9 Å². The minimum Gasteiger partial charge on any atom is -0.394 e. The molecule has 0 amide bonds. The van der Waals surface area contributed by atoms with Gasteiger partial charge in [-0.2, -0.15) is 5.26 Å². The van der Waals surface area contributed by atoms with Crippen molar-refractivity contribution in [3.05, 3.63) is 24.0 Å². The summed E-state index contributed by atoms with van der Waals surface area (Å²) < 4.78 is 0. The molecule has 0 bridgehead atoms. The van der Waals surface area contributed by atoms with Gasteiger partial charge in [0.15, 0.2) is 0 Å². The Morgan fingerprint density at radius 2 is 2.25 bits per heavy atom. The summed E-state index contributed by atoms with van der Waals surface area (Å²) in [5.74, 6) is 0. The summed E-state index contributed by atoms with van der Waals surface area (Å²) in [5, 5.41) is 21.6. The summed E-state index contributed by atoms with van der Waals surface area (Å²) in [6, 6.07) is 5.56. The van der Waals surface area contributed by atoms with E-state index in [0.717, 1.165) is 31.4 Å². The molecule has 1 aliphatic carbocycles. The molecule has 0 unspecified atom stereocenters. The summed E-state index contributed by atoms with van der Waals surface area (Å²) in [6.45, 7) is 0.136. The molecule has 1 aliphatic rings. The molecule has 0 aliphatic heterocycles. The van der Waals surface area contributed by atoms with Gasteiger partial charge in [0.05, 0.1) is 12.1 Å². The largest absolute Gasteiger partial charge is 0.394 e. The predicted octanol–water partition coefficient (Wildman–Crippen LogP) is 1.67. The molecule has 16 heavy (non-hydrogen) atoms. The second-order valence-electron chi connectivity index (χ2n) is 4.31. The second kappa shape index (κ2) is 4.50. The maximum atomic E-state index is 9.46. The Hall–Kier alpha value is -1.60. The highest BCUT2D eigenvalue weighted by Crippen LogP contribution is 2.32. The van der Waals surface area contributed by atoms with Crippen LogP contribution in [0.15, 0.2) is 18.3 Å². The Kier molecular flexibility index (Phi) is 3.07. The smallest absolute Gasteiger partial charge is 0.142 e. The normalized spacial score (nSPS) is 18.0. The van der Waals surface area contributed by atoms with E-state index in [1.807, 2.05) is 12.1 Å². The summed E-state index contributed by atoms with van der Waals surface area (Å²) in [6.07, 6.45) is 5.86. The highest BCUT2D eigenvalue weighted by atomic mass is 16.3. The van der Waals surface area contributed by atoms with Crippen molar-refractivity contribution < 1.29 is 5.11 Å². The van der Waals surface area contributed by atoms with Crippen LogP contribution in [0.25, 0.3) is 0 Å². The Labute approximate surface area is 94.9 Å². The number of hydrogen-bond acceptors (Lipinski definition) is 4. The van der Waals surface area contributed by atoms with E-state index >= 15 is 0 Å². The van der Waals surface area contributed by atoms with Crippen LogP contribution in [0.2, 0.25) is 0 Å². The van der Waals surface area contributed by atoms with Crippen molar-refractivity contribution in [2.75, 3.05) is 11.9 Å². The van der Waals surface area contributed by atoms with E-state index in [2.05, 4.69) is 10.3 Å². The first-order valence-electron chi connectivity index (χ1n) is 5.53. The molecular weight excluding hydrogens is 202 g/mol. The number of nitriles is 1. The number of anilines is 1. The third kappa shape index (κ3) is 2.15. The minimum atomic E-state index is -0.200. The molecule has 0 saturated heterocycles. The summed E-state index contributed by atoms with van der Waals surface area (Å²) >= 11 is 0. The van der Waals surface area contributed by atoms with E-state index in [1.54, 1.807) is 12.3 Å². The quantitative estimate of drug-likeness (QED) is 0.808. The fourth-order valence-corrected chi connectivity index (χ4v) is 2.25. The lowest BCUT2D eigenvalue weighted by atomic mass is 9.98. The molecule has 1 saturated carbocycles. The van der Waals surface area contributed by atoms with Crippen molar-refractivity contribution in [2.24, 2.45) is 0 Å². The molecule has 4 heteroatoms. The minimum absolute atomic E-state index is 0.136. The van der Waals surface area contributed by atoms with Crippen molar-refractivity contribution >= 4 is 5.69 Å². The molecule has 0 aromatic carbocycles. The van der Waals surface area contributed by atoms with E-state index < -0.39 is 0 Å². The monoisotopic (exact) mass is 217 g/mol. The Morgan fingerprint density at radius 1 is 1.50 bits per heavy atom. The van der Waals surface area contributed by atoms with Crippen LogP contribution in [0.5, 0.6) is 0 Å². The first kappa shape index (κ1) is 10.9. The molecule has 0 spiro atoms. The van der Waals surface area contributed by atoms with Gasteiger partial charge in [-0.05, 0) is 25.0 Å². The van der Waals surface area contributed by atoms with Crippen LogP contribution >= 0.6 is 0 Å². The zero-order valence-corrected chi connectivity index (χ0v) is 9.11. The first-order valence-corrected chi connectivity index (χ1v) is 5.53. The molecule has 1 aromatic heterocycles. The molecule has 1 heterocycles. The van der Waals surface area contributed by atoms with Crippen molar-refractivity contribution in [2.45, 2.75) is 31.2 Å². The van der Waals surface area contributed by atoms with E-state index in [4.69, 9.17) is 5.26 Å². The van der Waals surface area contributed by atoms with Crippen LogP contribution in [0.1, 0.15) is 31.4 Å². The lowest BCUT2D eigenvalue weighted by Crippen LogP contribution is -2.39. The van der Waals surface area contributed by atoms with Gasteiger partial charge in [0.25, 0.3) is 0 Å². The van der Waals surface area contributed by atoms with E-state index in [1.165, 1.54) is 0 Å². The molecular formula is C12H15N3O. The number of aromatic nitrogens is 1. The molecule has 84 valence electrons. The molecule has 0 atom stereocenters. The maximum absolute atomic E-state index is 9.46. The summed E-state index contributed by atoms with van der Waals surface area (Å²) in [7, 11) is 0. The maximum Gasteiger partial charge on any atom is 0.142 e. The molecule has 2 N–H and O–H groups in total. The number of nitrogens with zero attached hydrogens (tertiary/aromatic N) is 2. The molecule has 0 radical (unpaired) electrons. The van der Waals surface area contributed by atoms with E-state index in [0.29, 0.717) is 5.69 Å². The molecule has 1 aromatic rings. The van der Waals surface area contributed by atoms with E-state index in [9.17, 15) is 5.11 Å². The van der Waals surface area contributed by atoms with Crippen LogP contribution in [0.3, 0.4) is 0 Å². The Balaban J connectivity index is 2.16. The number of rotatable bonds is 3. The van der Waals surface area contributed by atoms with Gasteiger partial charge in [0.1, 0.15) is 11.8 Å².